The zero-order chi connectivity index (χ0) is 12.4. The Balaban J connectivity index is 2.92. The van der Waals surface area contributed by atoms with Gasteiger partial charge >= 0.3 is 0 Å². The van der Waals surface area contributed by atoms with E-state index in [1.807, 2.05) is 0 Å². The largest absolute Gasteiger partial charge is 0.0885 e. The van der Waals surface area contributed by atoms with Crippen LogP contribution in [-0.4, -0.2) is 0 Å². The van der Waals surface area contributed by atoms with E-state index in [0.717, 1.165) is 11.8 Å². The Morgan fingerprint density at radius 2 is 1.00 bits per heavy atom. The van der Waals surface area contributed by atoms with E-state index in [0.29, 0.717) is 10.8 Å². The van der Waals surface area contributed by atoms with Crippen LogP contribution in [0.4, 0.5) is 0 Å². The molecule has 0 amide bonds. The maximum absolute atomic E-state index is 2.42. The van der Waals surface area contributed by atoms with E-state index in [2.05, 4.69) is 53.7 Å². The average molecular weight is 222 g/mol. The predicted molar refractivity (Wildman–Crippen MR) is 73.5 cm³/mol. The van der Waals surface area contributed by atoms with Gasteiger partial charge in [0.05, 0.1) is 0 Å². The molecule has 0 aliphatic heterocycles. The molecule has 1 rings (SSSR count). The van der Waals surface area contributed by atoms with Crippen LogP contribution >= 0.6 is 0 Å². The van der Waals surface area contributed by atoms with Gasteiger partial charge in [0, 0.05) is 0 Å². The molecule has 0 N–H and O–H groups in total. The molecule has 1 aliphatic rings. The van der Waals surface area contributed by atoms with Gasteiger partial charge in [-0.25, -0.2) is 0 Å². The number of allylic oxidation sites excluding steroid dienone is 2. The minimum atomic E-state index is 0.448. The molecule has 1 aliphatic carbocycles. The van der Waals surface area contributed by atoms with Gasteiger partial charge in [-0.2, -0.15) is 0 Å². The molecule has 0 spiro atoms. The van der Waals surface area contributed by atoms with Crippen molar-refractivity contribution in [3.63, 3.8) is 0 Å². The fraction of sp³-hybridized carbons (Fsp3) is 0.875. The second-order valence-electron chi connectivity index (χ2n) is 7.57. The van der Waals surface area contributed by atoms with E-state index in [1.165, 1.54) is 25.7 Å². The van der Waals surface area contributed by atoms with E-state index in [-0.39, 0.29) is 0 Å². The fourth-order valence-corrected chi connectivity index (χ4v) is 3.26. The number of rotatable bonds is 0. The predicted octanol–water partition coefficient (Wildman–Crippen LogP) is 5.44. The van der Waals surface area contributed by atoms with Crippen molar-refractivity contribution in [1.29, 1.82) is 0 Å². The first kappa shape index (κ1) is 13.8. The van der Waals surface area contributed by atoms with Gasteiger partial charge in [-0.15, -0.1) is 0 Å². The lowest BCUT2D eigenvalue weighted by molar-refractivity contribution is 0.0573. The van der Waals surface area contributed by atoms with Crippen molar-refractivity contribution in [2.24, 2.45) is 22.7 Å². The van der Waals surface area contributed by atoms with Gasteiger partial charge in [-0.3, -0.25) is 0 Å². The molecule has 0 saturated heterocycles. The van der Waals surface area contributed by atoms with Gasteiger partial charge in [0.15, 0.2) is 0 Å². The number of hydrogen-bond donors (Lipinski definition) is 0. The SMILES string of the molecule is CC(C)(C)C1CC/C=C\CCC1C(C)(C)C. The molecule has 0 aromatic rings. The molecule has 0 heteroatoms. The van der Waals surface area contributed by atoms with E-state index >= 15 is 0 Å². The van der Waals surface area contributed by atoms with Crippen LogP contribution in [0, 0.1) is 22.7 Å². The lowest BCUT2D eigenvalue weighted by Gasteiger charge is -2.44. The monoisotopic (exact) mass is 222 g/mol. The van der Waals surface area contributed by atoms with Gasteiger partial charge in [-0.05, 0) is 48.3 Å². The van der Waals surface area contributed by atoms with Crippen molar-refractivity contribution in [3.05, 3.63) is 12.2 Å². The first-order valence-electron chi connectivity index (χ1n) is 6.88. The zero-order valence-electron chi connectivity index (χ0n) is 12.1. The van der Waals surface area contributed by atoms with Crippen molar-refractivity contribution in [2.45, 2.75) is 67.2 Å². The molecule has 0 bridgehead atoms. The minimum Gasteiger partial charge on any atom is -0.0885 e. The van der Waals surface area contributed by atoms with E-state index in [4.69, 9.17) is 0 Å². The third-order valence-electron chi connectivity index (χ3n) is 4.17. The van der Waals surface area contributed by atoms with Gasteiger partial charge in [0.25, 0.3) is 0 Å². The highest BCUT2D eigenvalue weighted by molar-refractivity contribution is 4.94. The Labute approximate surface area is 103 Å². The fourth-order valence-electron chi connectivity index (χ4n) is 3.26. The van der Waals surface area contributed by atoms with Crippen LogP contribution < -0.4 is 0 Å². The molecule has 2 unspecified atom stereocenters. The summed E-state index contributed by atoms with van der Waals surface area (Å²) in [7, 11) is 0. The van der Waals surface area contributed by atoms with Gasteiger partial charge in [0.2, 0.25) is 0 Å². The summed E-state index contributed by atoms with van der Waals surface area (Å²) < 4.78 is 0. The molecule has 2 atom stereocenters. The minimum absolute atomic E-state index is 0.448. The summed E-state index contributed by atoms with van der Waals surface area (Å²) in [4.78, 5) is 0. The van der Waals surface area contributed by atoms with Crippen LogP contribution in [0.3, 0.4) is 0 Å². The summed E-state index contributed by atoms with van der Waals surface area (Å²) in [5.41, 5.74) is 0.895. The van der Waals surface area contributed by atoms with Crippen LogP contribution in [0.25, 0.3) is 0 Å². The Morgan fingerprint density at radius 1 is 0.688 bits per heavy atom. The molecular formula is C16H30. The van der Waals surface area contributed by atoms with E-state index in [1.54, 1.807) is 0 Å². The van der Waals surface area contributed by atoms with E-state index in [9.17, 15) is 0 Å². The highest BCUT2D eigenvalue weighted by Crippen LogP contribution is 2.46. The molecular weight excluding hydrogens is 192 g/mol. The normalized spacial score (nSPS) is 30.6. The lowest BCUT2D eigenvalue weighted by Crippen LogP contribution is -2.36. The van der Waals surface area contributed by atoms with Gasteiger partial charge in [0.1, 0.15) is 0 Å². The van der Waals surface area contributed by atoms with Crippen LogP contribution in [0.5, 0.6) is 0 Å². The quantitative estimate of drug-likeness (QED) is 0.479. The summed E-state index contributed by atoms with van der Waals surface area (Å²) in [6.07, 6.45) is 10.0. The summed E-state index contributed by atoms with van der Waals surface area (Å²) in [6, 6.07) is 0. The van der Waals surface area contributed by atoms with Crippen LogP contribution in [0.1, 0.15) is 67.2 Å². The van der Waals surface area contributed by atoms with Crippen molar-refractivity contribution >= 4 is 0 Å². The Kier molecular flexibility index (Phi) is 4.26. The van der Waals surface area contributed by atoms with Gasteiger partial charge in [-0.1, -0.05) is 53.7 Å². The lowest BCUT2D eigenvalue weighted by atomic mass is 9.61. The standard InChI is InChI=1S/C16H30/c1-15(2,3)13-11-9-7-8-10-12-14(13)16(4,5)6/h7-8,13-14H,9-12H2,1-6H3/b8-7-. The Morgan fingerprint density at radius 3 is 1.25 bits per heavy atom. The first-order valence-corrected chi connectivity index (χ1v) is 6.88. The molecule has 94 valence electrons. The van der Waals surface area contributed by atoms with Crippen molar-refractivity contribution in [2.75, 3.05) is 0 Å². The molecule has 0 nitrogen and oxygen atoms in total. The smallest absolute Gasteiger partial charge is 0.0329 e. The van der Waals surface area contributed by atoms with Crippen LogP contribution in [-0.2, 0) is 0 Å². The highest BCUT2D eigenvalue weighted by atomic mass is 14.4. The molecule has 16 heavy (non-hydrogen) atoms. The molecule has 0 saturated carbocycles. The molecule has 0 aromatic heterocycles. The molecule has 0 radical (unpaired) electrons. The van der Waals surface area contributed by atoms with E-state index < -0.39 is 0 Å². The Bertz CT molecular complexity index is 208. The van der Waals surface area contributed by atoms with Crippen molar-refractivity contribution < 1.29 is 0 Å². The zero-order valence-corrected chi connectivity index (χ0v) is 12.1. The third kappa shape index (κ3) is 3.64. The van der Waals surface area contributed by atoms with Crippen molar-refractivity contribution in [3.8, 4) is 0 Å². The highest BCUT2D eigenvalue weighted by Gasteiger charge is 2.37. The molecule has 0 aromatic carbocycles. The summed E-state index contributed by atoms with van der Waals surface area (Å²) in [6.45, 7) is 14.5. The number of hydrogen-bond acceptors (Lipinski definition) is 0. The van der Waals surface area contributed by atoms with Gasteiger partial charge < -0.3 is 0 Å². The third-order valence-corrected chi connectivity index (χ3v) is 4.17. The average Bonchev–Trinajstić information content (AvgIpc) is 1.96. The maximum Gasteiger partial charge on any atom is -0.0329 e. The molecule has 0 heterocycles. The second kappa shape index (κ2) is 4.94. The first-order chi connectivity index (χ1) is 7.23. The maximum atomic E-state index is 2.42. The van der Waals surface area contributed by atoms with Crippen molar-refractivity contribution in [1.82, 2.24) is 0 Å². The summed E-state index contributed by atoms with van der Waals surface area (Å²) >= 11 is 0. The summed E-state index contributed by atoms with van der Waals surface area (Å²) in [5.74, 6) is 1.72. The second-order valence-corrected chi connectivity index (χ2v) is 7.57. The Hall–Kier alpha value is -0.260. The summed E-state index contributed by atoms with van der Waals surface area (Å²) in [5, 5.41) is 0. The molecule has 0 fully saturated rings. The van der Waals surface area contributed by atoms with Crippen LogP contribution in [0.15, 0.2) is 12.2 Å². The topological polar surface area (TPSA) is 0 Å². The van der Waals surface area contributed by atoms with Crippen LogP contribution in [0.2, 0.25) is 0 Å².